The number of rotatable bonds is 7. The van der Waals surface area contributed by atoms with Crippen LogP contribution in [0, 0.1) is 5.82 Å². The van der Waals surface area contributed by atoms with Gasteiger partial charge in [0, 0.05) is 24.9 Å². The van der Waals surface area contributed by atoms with Crippen molar-refractivity contribution in [3.63, 3.8) is 0 Å². The van der Waals surface area contributed by atoms with E-state index in [1.807, 2.05) is 6.92 Å². The van der Waals surface area contributed by atoms with Crippen LogP contribution in [0.1, 0.15) is 17.3 Å². The van der Waals surface area contributed by atoms with Crippen molar-refractivity contribution in [2.24, 2.45) is 0 Å². The number of amides is 1. The molecule has 1 aliphatic rings. The molecule has 1 amide bonds. The SMILES string of the molecule is CCOCCN1CNc2cc(-c3cc(F)cc(OC(F)F)c3)ccc2C1=O. The minimum absolute atomic E-state index is 0.129. The summed E-state index contributed by atoms with van der Waals surface area (Å²) in [6.07, 6.45) is 0. The molecule has 2 aromatic rings. The molecule has 0 unspecified atom stereocenters. The van der Waals surface area contributed by atoms with E-state index in [0.717, 1.165) is 6.07 Å². The molecule has 0 saturated carbocycles. The van der Waals surface area contributed by atoms with Crippen LogP contribution >= 0.6 is 0 Å². The fourth-order valence-electron chi connectivity index (χ4n) is 2.88. The Morgan fingerprint density at radius 3 is 2.74 bits per heavy atom. The second-order valence-electron chi connectivity index (χ2n) is 5.91. The molecule has 3 rings (SSSR count). The van der Waals surface area contributed by atoms with Crippen LogP contribution < -0.4 is 10.1 Å². The molecular formula is C19H19F3N2O3. The van der Waals surface area contributed by atoms with Gasteiger partial charge in [-0.15, -0.1) is 0 Å². The van der Waals surface area contributed by atoms with E-state index in [0.29, 0.717) is 48.8 Å². The van der Waals surface area contributed by atoms with E-state index in [1.165, 1.54) is 12.1 Å². The maximum Gasteiger partial charge on any atom is 0.387 e. The van der Waals surface area contributed by atoms with Crippen molar-refractivity contribution >= 4 is 11.6 Å². The molecule has 0 bridgehead atoms. The molecule has 2 aromatic carbocycles. The molecule has 1 aliphatic heterocycles. The number of alkyl halides is 2. The summed E-state index contributed by atoms with van der Waals surface area (Å²) in [7, 11) is 0. The van der Waals surface area contributed by atoms with Gasteiger partial charge in [-0.25, -0.2) is 4.39 Å². The molecule has 0 saturated heterocycles. The van der Waals surface area contributed by atoms with E-state index >= 15 is 0 Å². The normalized spacial score (nSPS) is 13.5. The van der Waals surface area contributed by atoms with Gasteiger partial charge in [0.25, 0.3) is 5.91 Å². The molecule has 0 radical (unpaired) electrons. The lowest BCUT2D eigenvalue weighted by Gasteiger charge is -2.30. The average Bonchev–Trinajstić information content (AvgIpc) is 2.62. The zero-order valence-electron chi connectivity index (χ0n) is 14.7. The predicted molar refractivity (Wildman–Crippen MR) is 94.5 cm³/mol. The second kappa shape index (κ2) is 8.30. The maximum atomic E-state index is 13.8. The van der Waals surface area contributed by atoms with Gasteiger partial charge in [-0.3, -0.25) is 4.79 Å². The Balaban J connectivity index is 1.83. The van der Waals surface area contributed by atoms with Crippen LogP contribution in [0.2, 0.25) is 0 Å². The molecule has 0 aliphatic carbocycles. The summed E-state index contributed by atoms with van der Waals surface area (Å²) in [6, 6.07) is 8.41. The number of carbonyl (C=O) groups excluding carboxylic acids is 1. The van der Waals surface area contributed by atoms with E-state index in [2.05, 4.69) is 10.1 Å². The van der Waals surface area contributed by atoms with E-state index in [-0.39, 0.29) is 11.7 Å². The zero-order chi connectivity index (χ0) is 19.4. The summed E-state index contributed by atoms with van der Waals surface area (Å²) in [4.78, 5) is 14.2. The highest BCUT2D eigenvalue weighted by molar-refractivity contribution is 6.02. The lowest BCUT2D eigenvalue weighted by Crippen LogP contribution is -2.41. The Bertz CT molecular complexity index is 830. The van der Waals surface area contributed by atoms with Crippen molar-refractivity contribution in [2.75, 3.05) is 31.7 Å². The van der Waals surface area contributed by atoms with E-state index in [1.54, 1.807) is 23.1 Å². The Morgan fingerprint density at radius 2 is 2.00 bits per heavy atom. The average molecular weight is 380 g/mol. The quantitative estimate of drug-likeness (QED) is 0.739. The molecule has 8 heteroatoms. The minimum atomic E-state index is -3.04. The Hall–Kier alpha value is -2.74. The van der Waals surface area contributed by atoms with Crippen LogP contribution in [0.5, 0.6) is 5.75 Å². The van der Waals surface area contributed by atoms with Crippen LogP contribution in [-0.2, 0) is 4.74 Å². The Kier molecular flexibility index (Phi) is 5.85. The number of nitrogens with one attached hydrogen (secondary N) is 1. The first-order valence-corrected chi connectivity index (χ1v) is 8.48. The maximum absolute atomic E-state index is 13.8. The first-order valence-electron chi connectivity index (χ1n) is 8.48. The monoisotopic (exact) mass is 380 g/mol. The van der Waals surface area contributed by atoms with Gasteiger partial charge in [-0.2, -0.15) is 8.78 Å². The van der Waals surface area contributed by atoms with Gasteiger partial charge >= 0.3 is 6.61 Å². The zero-order valence-corrected chi connectivity index (χ0v) is 14.7. The van der Waals surface area contributed by atoms with Gasteiger partial charge in [-0.05, 0) is 42.3 Å². The third kappa shape index (κ3) is 4.51. The summed E-state index contributed by atoms with van der Waals surface area (Å²) >= 11 is 0. The fraction of sp³-hybridized carbons (Fsp3) is 0.316. The van der Waals surface area contributed by atoms with Crippen molar-refractivity contribution in [1.29, 1.82) is 0 Å². The van der Waals surface area contributed by atoms with Gasteiger partial charge < -0.3 is 19.7 Å². The third-order valence-corrected chi connectivity index (χ3v) is 4.14. The van der Waals surface area contributed by atoms with Crippen LogP contribution in [0.15, 0.2) is 36.4 Å². The van der Waals surface area contributed by atoms with Crippen LogP contribution in [-0.4, -0.2) is 43.8 Å². The van der Waals surface area contributed by atoms with Crippen LogP contribution in [0.3, 0.4) is 0 Å². The van der Waals surface area contributed by atoms with E-state index in [4.69, 9.17) is 4.74 Å². The van der Waals surface area contributed by atoms with Crippen molar-refractivity contribution in [1.82, 2.24) is 4.90 Å². The molecular weight excluding hydrogens is 361 g/mol. The lowest BCUT2D eigenvalue weighted by atomic mass is 10.0. The lowest BCUT2D eigenvalue weighted by molar-refractivity contribution is -0.0499. The topological polar surface area (TPSA) is 50.8 Å². The van der Waals surface area contributed by atoms with Gasteiger partial charge in [0.2, 0.25) is 0 Å². The van der Waals surface area contributed by atoms with Gasteiger partial charge in [0.1, 0.15) is 11.6 Å². The molecule has 0 spiro atoms. The smallest absolute Gasteiger partial charge is 0.387 e. The van der Waals surface area contributed by atoms with E-state index in [9.17, 15) is 18.0 Å². The van der Waals surface area contributed by atoms with Gasteiger partial charge in [0.05, 0.1) is 18.8 Å². The first-order chi connectivity index (χ1) is 13.0. The van der Waals surface area contributed by atoms with Crippen molar-refractivity contribution in [3.05, 3.63) is 47.8 Å². The fourth-order valence-corrected chi connectivity index (χ4v) is 2.88. The minimum Gasteiger partial charge on any atom is -0.435 e. The summed E-state index contributed by atoms with van der Waals surface area (Å²) in [5.74, 6) is -1.08. The number of carbonyl (C=O) groups is 1. The van der Waals surface area contributed by atoms with Crippen molar-refractivity contribution < 1.29 is 27.4 Å². The molecule has 1 heterocycles. The molecule has 0 atom stereocenters. The first kappa shape index (κ1) is 19.0. The molecule has 1 N–H and O–H groups in total. The number of anilines is 1. The summed E-state index contributed by atoms with van der Waals surface area (Å²) in [6.45, 7) is 0.681. The van der Waals surface area contributed by atoms with Crippen LogP contribution in [0.25, 0.3) is 11.1 Å². The number of benzene rings is 2. The molecule has 27 heavy (non-hydrogen) atoms. The standard InChI is InChI=1S/C19H19F3N2O3/c1-2-26-6-5-24-11-23-17-9-12(3-4-16(17)18(24)25)13-7-14(20)10-15(8-13)27-19(21)22/h3-4,7-10,19,23H,2,5-6,11H2,1H3. The summed E-state index contributed by atoms with van der Waals surface area (Å²) in [5, 5.41) is 3.15. The number of hydrogen-bond donors (Lipinski definition) is 1. The highest BCUT2D eigenvalue weighted by Gasteiger charge is 2.24. The number of halogens is 3. The molecule has 0 aromatic heterocycles. The Morgan fingerprint density at radius 1 is 1.19 bits per heavy atom. The summed E-state index contributed by atoms with van der Waals surface area (Å²) < 4.78 is 48.1. The van der Waals surface area contributed by atoms with Crippen LogP contribution in [0.4, 0.5) is 18.9 Å². The van der Waals surface area contributed by atoms with Crippen molar-refractivity contribution in [2.45, 2.75) is 13.5 Å². The number of ether oxygens (including phenoxy) is 2. The van der Waals surface area contributed by atoms with Gasteiger partial charge in [-0.1, -0.05) is 6.07 Å². The Labute approximate surface area is 154 Å². The second-order valence-corrected chi connectivity index (χ2v) is 5.91. The predicted octanol–water partition coefficient (Wildman–Crippen LogP) is 3.96. The molecule has 144 valence electrons. The summed E-state index contributed by atoms with van der Waals surface area (Å²) in [5.41, 5.74) is 2.05. The largest absolute Gasteiger partial charge is 0.435 e. The number of hydrogen-bond acceptors (Lipinski definition) is 4. The highest BCUT2D eigenvalue weighted by Crippen LogP contribution is 2.31. The molecule has 5 nitrogen and oxygen atoms in total. The number of fused-ring (bicyclic) bond motifs is 1. The third-order valence-electron chi connectivity index (χ3n) is 4.14. The number of nitrogens with zero attached hydrogens (tertiary/aromatic N) is 1. The van der Waals surface area contributed by atoms with E-state index < -0.39 is 12.4 Å². The molecule has 0 fully saturated rings. The highest BCUT2D eigenvalue weighted by atomic mass is 19.3. The van der Waals surface area contributed by atoms with Crippen molar-refractivity contribution in [3.8, 4) is 16.9 Å². The van der Waals surface area contributed by atoms with Gasteiger partial charge in [0.15, 0.2) is 0 Å².